The first-order chi connectivity index (χ1) is 11.3. The average molecular weight is 324 g/mol. The van der Waals surface area contributed by atoms with E-state index >= 15 is 0 Å². The Bertz CT molecular complexity index is 684. The van der Waals surface area contributed by atoms with Gasteiger partial charge in [0.25, 0.3) is 0 Å². The third-order valence-electron chi connectivity index (χ3n) is 5.70. The van der Waals surface area contributed by atoms with E-state index in [0.717, 1.165) is 24.0 Å². The smallest absolute Gasteiger partial charge is 0.118 e. The van der Waals surface area contributed by atoms with Crippen LogP contribution in [0.2, 0.25) is 0 Å². The van der Waals surface area contributed by atoms with E-state index in [2.05, 4.69) is 38.1 Å². The molecule has 3 rings (SSSR count). The Kier molecular flexibility index (Phi) is 4.33. The molecule has 1 saturated carbocycles. The topological polar surface area (TPSA) is 40.5 Å². The van der Waals surface area contributed by atoms with E-state index in [1.165, 1.54) is 17.5 Å². The normalized spacial score (nSPS) is 23.2. The van der Waals surface area contributed by atoms with E-state index < -0.39 is 0 Å². The van der Waals surface area contributed by atoms with Crippen molar-refractivity contribution >= 4 is 0 Å². The van der Waals surface area contributed by atoms with Gasteiger partial charge in [0.15, 0.2) is 0 Å². The van der Waals surface area contributed by atoms with Crippen LogP contribution in [-0.2, 0) is 5.41 Å². The number of phenolic OH excluding ortho intramolecular Hbond substituents is 2. The lowest BCUT2D eigenvalue weighted by atomic mass is 9.59. The van der Waals surface area contributed by atoms with Gasteiger partial charge in [-0.2, -0.15) is 0 Å². The van der Waals surface area contributed by atoms with Crippen LogP contribution in [0.1, 0.15) is 55.4 Å². The number of hydrogen-bond acceptors (Lipinski definition) is 2. The first kappa shape index (κ1) is 16.9. The van der Waals surface area contributed by atoms with E-state index in [-0.39, 0.29) is 5.41 Å². The predicted molar refractivity (Wildman–Crippen MR) is 98.6 cm³/mol. The van der Waals surface area contributed by atoms with Crippen LogP contribution in [0.5, 0.6) is 11.5 Å². The molecule has 0 radical (unpaired) electrons. The summed E-state index contributed by atoms with van der Waals surface area (Å²) >= 11 is 0. The molecular weight excluding hydrogens is 296 g/mol. The monoisotopic (exact) mass is 324 g/mol. The molecule has 2 nitrogen and oxygen atoms in total. The number of phenols is 2. The van der Waals surface area contributed by atoms with Crippen molar-refractivity contribution in [2.24, 2.45) is 11.8 Å². The Morgan fingerprint density at radius 1 is 0.792 bits per heavy atom. The molecule has 24 heavy (non-hydrogen) atoms. The van der Waals surface area contributed by atoms with Crippen molar-refractivity contribution < 1.29 is 10.2 Å². The minimum atomic E-state index is -0.0476. The molecule has 0 aliphatic heterocycles. The van der Waals surface area contributed by atoms with Crippen LogP contribution in [0, 0.1) is 25.7 Å². The molecule has 2 atom stereocenters. The number of rotatable bonds is 2. The van der Waals surface area contributed by atoms with Gasteiger partial charge in [-0.1, -0.05) is 38.1 Å². The van der Waals surface area contributed by atoms with E-state index in [1.54, 1.807) is 0 Å². The molecule has 2 N–H and O–H groups in total. The average Bonchev–Trinajstić information content (AvgIpc) is 2.51. The summed E-state index contributed by atoms with van der Waals surface area (Å²) in [4.78, 5) is 0. The van der Waals surface area contributed by atoms with Gasteiger partial charge >= 0.3 is 0 Å². The maximum absolute atomic E-state index is 9.95. The summed E-state index contributed by atoms with van der Waals surface area (Å²) in [6.45, 7) is 8.60. The van der Waals surface area contributed by atoms with Crippen LogP contribution in [0.25, 0.3) is 0 Å². The Hall–Kier alpha value is -1.96. The second-order valence-electron chi connectivity index (χ2n) is 7.94. The SMILES string of the molecule is Cc1cc(C2(c3ccc(O)c(C)c3)CC(C)CC(C)C2)ccc1O. The molecule has 0 saturated heterocycles. The van der Waals surface area contributed by atoms with Gasteiger partial charge in [0, 0.05) is 5.41 Å². The summed E-state index contributed by atoms with van der Waals surface area (Å²) in [6, 6.07) is 12.1. The summed E-state index contributed by atoms with van der Waals surface area (Å²) in [6.07, 6.45) is 3.47. The van der Waals surface area contributed by atoms with Crippen molar-refractivity contribution in [2.45, 2.75) is 52.4 Å². The standard InChI is InChI=1S/C22H28O2/c1-14-9-15(2)13-22(12-14,18-5-7-20(23)16(3)10-18)19-6-8-21(24)17(4)11-19/h5-8,10-11,14-15,23-24H,9,12-13H2,1-4H3. The minimum absolute atomic E-state index is 0.0476. The van der Waals surface area contributed by atoms with E-state index in [9.17, 15) is 10.2 Å². The van der Waals surface area contributed by atoms with Crippen molar-refractivity contribution in [3.8, 4) is 11.5 Å². The molecule has 2 heteroatoms. The molecule has 1 fully saturated rings. The molecule has 0 spiro atoms. The molecule has 0 aromatic heterocycles. The van der Waals surface area contributed by atoms with Gasteiger partial charge in [0.05, 0.1) is 0 Å². The van der Waals surface area contributed by atoms with Crippen molar-refractivity contribution in [1.82, 2.24) is 0 Å². The van der Waals surface area contributed by atoms with Gasteiger partial charge in [0.1, 0.15) is 11.5 Å². The first-order valence-electron chi connectivity index (χ1n) is 8.92. The Balaban J connectivity index is 2.20. The van der Waals surface area contributed by atoms with E-state index in [4.69, 9.17) is 0 Å². The first-order valence-corrected chi connectivity index (χ1v) is 8.92. The van der Waals surface area contributed by atoms with Crippen molar-refractivity contribution in [2.75, 3.05) is 0 Å². The van der Waals surface area contributed by atoms with Crippen LogP contribution in [-0.4, -0.2) is 10.2 Å². The molecular formula is C22H28O2. The lowest BCUT2D eigenvalue weighted by Crippen LogP contribution is -2.37. The highest BCUT2D eigenvalue weighted by atomic mass is 16.3. The second-order valence-corrected chi connectivity index (χ2v) is 7.94. The van der Waals surface area contributed by atoms with Crippen molar-refractivity contribution in [1.29, 1.82) is 0 Å². The number of hydrogen-bond donors (Lipinski definition) is 2. The maximum atomic E-state index is 9.95. The summed E-state index contributed by atoms with van der Waals surface area (Å²) in [5.74, 6) is 2.01. The molecule has 2 aromatic rings. The van der Waals surface area contributed by atoms with Gasteiger partial charge in [0.2, 0.25) is 0 Å². The number of aryl methyl sites for hydroxylation is 2. The molecule has 1 aliphatic carbocycles. The third-order valence-corrected chi connectivity index (χ3v) is 5.70. The molecule has 0 amide bonds. The Morgan fingerprint density at radius 3 is 1.58 bits per heavy atom. The van der Waals surface area contributed by atoms with Crippen LogP contribution < -0.4 is 0 Å². The van der Waals surface area contributed by atoms with Crippen LogP contribution in [0.4, 0.5) is 0 Å². The maximum Gasteiger partial charge on any atom is 0.118 e. The molecule has 128 valence electrons. The minimum Gasteiger partial charge on any atom is -0.508 e. The fourth-order valence-electron chi connectivity index (χ4n) is 4.67. The summed E-state index contributed by atoms with van der Waals surface area (Å²) in [5, 5.41) is 19.9. The fraction of sp³-hybridized carbons (Fsp3) is 0.455. The zero-order valence-corrected chi connectivity index (χ0v) is 15.1. The molecule has 2 unspecified atom stereocenters. The summed E-state index contributed by atoms with van der Waals surface area (Å²) in [5.41, 5.74) is 4.36. The molecule has 0 heterocycles. The highest BCUT2D eigenvalue weighted by molar-refractivity contribution is 5.48. The summed E-state index contributed by atoms with van der Waals surface area (Å²) < 4.78 is 0. The lowest BCUT2D eigenvalue weighted by molar-refractivity contribution is 0.210. The molecule has 2 aromatic carbocycles. The molecule has 1 aliphatic rings. The van der Waals surface area contributed by atoms with Crippen molar-refractivity contribution in [3.05, 3.63) is 58.7 Å². The zero-order chi connectivity index (χ0) is 17.5. The largest absolute Gasteiger partial charge is 0.508 e. The van der Waals surface area contributed by atoms with Gasteiger partial charge < -0.3 is 10.2 Å². The highest BCUT2D eigenvalue weighted by Gasteiger charge is 2.41. The summed E-state index contributed by atoms with van der Waals surface area (Å²) in [7, 11) is 0. The van der Waals surface area contributed by atoms with Gasteiger partial charge in [-0.3, -0.25) is 0 Å². The Labute approximate surface area is 145 Å². The number of benzene rings is 2. The van der Waals surface area contributed by atoms with Crippen molar-refractivity contribution in [3.63, 3.8) is 0 Å². The quantitative estimate of drug-likeness (QED) is 0.770. The van der Waals surface area contributed by atoms with E-state index in [0.29, 0.717) is 23.3 Å². The van der Waals surface area contributed by atoms with Gasteiger partial charge in [-0.05, 0) is 79.3 Å². The Morgan fingerprint density at radius 2 is 1.21 bits per heavy atom. The second kappa shape index (κ2) is 6.16. The third kappa shape index (κ3) is 2.90. The zero-order valence-electron chi connectivity index (χ0n) is 15.1. The number of aromatic hydroxyl groups is 2. The van der Waals surface area contributed by atoms with Crippen LogP contribution in [0.3, 0.4) is 0 Å². The van der Waals surface area contributed by atoms with Gasteiger partial charge in [-0.25, -0.2) is 0 Å². The van der Waals surface area contributed by atoms with E-state index in [1.807, 2.05) is 26.0 Å². The molecule has 0 bridgehead atoms. The van der Waals surface area contributed by atoms with Crippen LogP contribution in [0.15, 0.2) is 36.4 Å². The predicted octanol–water partition coefficient (Wildman–Crippen LogP) is 5.46. The fourth-order valence-corrected chi connectivity index (χ4v) is 4.67. The van der Waals surface area contributed by atoms with Crippen LogP contribution >= 0.6 is 0 Å². The lowest BCUT2D eigenvalue weighted by Gasteiger charge is -2.44. The highest BCUT2D eigenvalue weighted by Crippen LogP contribution is 2.49. The van der Waals surface area contributed by atoms with Gasteiger partial charge in [-0.15, -0.1) is 0 Å².